The van der Waals surface area contributed by atoms with E-state index in [1.807, 2.05) is 30.3 Å². The van der Waals surface area contributed by atoms with E-state index in [1.54, 1.807) is 24.3 Å². The Morgan fingerprint density at radius 3 is 2.14 bits per heavy atom. The zero-order valence-electron chi connectivity index (χ0n) is 15.5. The van der Waals surface area contributed by atoms with Crippen molar-refractivity contribution in [2.24, 2.45) is 0 Å². The molecule has 3 amide bonds. The first-order valence-electron chi connectivity index (χ1n) is 9.35. The van der Waals surface area contributed by atoms with E-state index < -0.39 is 17.9 Å². The number of hydrogen-bond donors (Lipinski definition) is 1. The molecule has 0 saturated carbocycles. The van der Waals surface area contributed by atoms with Gasteiger partial charge in [-0.05, 0) is 30.5 Å². The molecule has 144 valence electrons. The quantitative estimate of drug-likeness (QED) is 0.413. The van der Waals surface area contributed by atoms with Crippen LogP contribution in [-0.2, 0) is 16.0 Å². The number of benzene rings is 2. The monoisotopic (exact) mass is 378 g/mol. The van der Waals surface area contributed by atoms with Crippen LogP contribution in [0.3, 0.4) is 0 Å². The van der Waals surface area contributed by atoms with Crippen LogP contribution >= 0.6 is 0 Å². The molecule has 0 aliphatic carbocycles. The average molecular weight is 378 g/mol. The number of aldehydes is 1. The molecule has 6 nitrogen and oxygen atoms in total. The smallest absolute Gasteiger partial charge is 0.262 e. The molecule has 1 heterocycles. The van der Waals surface area contributed by atoms with Gasteiger partial charge in [-0.1, -0.05) is 42.5 Å². The molecule has 2 aromatic carbocycles. The van der Waals surface area contributed by atoms with E-state index in [4.69, 9.17) is 0 Å². The van der Waals surface area contributed by atoms with Gasteiger partial charge in [0.1, 0.15) is 12.3 Å². The first kappa shape index (κ1) is 19.5. The summed E-state index contributed by atoms with van der Waals surface area (Å²) in [5.74, 6) is -1.26. The largest absolute Gasteiger partial charge is 0.354 e. The van der Waals surface area contributed by atoms with Gasteiger partial charge in [-0.3, -0.25) is 19.3 Å². The molecule has 0 aromatic heterocycles. The van der Waals surface area contributed by atoms with E-state index in [0.717, 1.165) is 16.7 Å². The maximum absolute atomic E-state index is 12.9. The second-order valence-corrected chi connectivity index (χ2v) is 6.68. The van der Waals surface area contributed by atoms with Crippen LogP contribution in [0.25, 0.3) is 0 Å². The minimum absolute atomic E-state index is 0.243. The summed E-state index contributed by atoms with van der Waals surface area (Å²) in [7, 11) is 0. The molecule has 0 fully saturated rings. The Morgan fingerprint density at radius 2 is 1.54 bits per heavy atom. The van der Waals surface area contributed by atoms with Crippen LogP contribution in [0, 0.1) is 0 Å². The van der Waals surface area contributed by atoms with Crippen molar-refractivity contribution >= 4 is 24.0 Å². The maximum Gasteiger partial charge on any atom is 0.262 e. The zero-order chi connectivity index (χ0) is 19.9. The lowest BCUT2D eigenvalue weighted by Crippen LogP contribution is -2.50. The Morgan fingerprint density at radius 1 is 0.929 bits per heavy atom. The average Bonchev–Trinajstić information content (AvgIpc) is 2.97. The molecule has 1 atom stereocenters. The first-order valence-corrected chi connectivity index (χ1v) is 9.35. The van der Waals surface area contributed by atoms with Crippen molar-refractivity contribution in [3.8, 4) is 0 Å². The van der Waals surface area contributed by atoms with Crippen LogP contribution < -0.4 is 5.32 Å². The van der Waals surface area contributed by atoms with Crippen LogP contribution in [0.1, 0.15) is 45.5 Å². The van der Waals surface area contributed by atoms with Crippen LogP contribution in [0.2, 0.25) is 0 Å². The molecule has 28 heavy (non-hydrogen) atoms. The standard InChI is InChI=1S/C22H22N2O4/c25-14-8-2-7-13-23-20(26)19(15-16-9-3-1-4-10-16)24-21(27)17-11-5-6-12-18(17)22(24)28/h1,3-6,9-12,14,19H,2,7-8,13,15H2,(H,23,26). The maximum atomic E-state index is 12.9. The third kappa shape index (κ3) is 4.17. The first-order chi connectivity index (χ1) is 13.6. The van der Waals surface area contributed by atoms with E-state index in [2.05, 4.69) is 5.32 Å². The summed E-state index contributed by atoms with van der Waals surface area (Å²) in [6.45, 7) is 0.390. The van der Waals surface area contributed by atoms with Crippen molar-refractivity contribution in [2.75, 3.05) is 6.54 Å². The SMILES string of the molecule is O=CCCCCNC(=O)C(Cc1ccccc1)N1C(=O)c2ccccc2C1=O. The van der Waals surface area contributed by atoms with Crippen molar-refractivity contribution in [1.82, 2.24) is 10.2 Å². The second kappa shape index (κ2) is 9.08. The van der Waals surface area contributed by atoms with Crippen LogP contribution in [0.4, 0.5) is 0 Å². The Balaban J connectivity index is 1.80. The molecule has 2 aromatic rings. The topological polar surface area (TPSA) is 83.6 Å². The molecule has 6 heteroatoms. The molecule has 0 radical (unpaired) electrons. The molecule has 0 saturated heterocycles. The number of hydrogen-bond acceptors (Lipinski definition) is 4. The zero-order valence-corrected chi connectivity index (χ0v) is 15.5. The summed E-state index contributed by atoms with van der Waals surface area (Å²) in [6.07, 6.45) is 2.87. The number of nitrogens with zero attached hydrogens (tertiary/aromatic N) is 1. The Labute approximate surface area is 163 Å². The predicted molar refractivity (Wildman–Crippen MR) is 104 cm³/mol. The van der Waals surface area contributed by atoms with Gasteiger partial charge >= 0.3 is 0 Å². The number of imide groups is 1. The van der Waals surface area contributed by atoms with Gasteiger partial charge in [0.2, 0.25) is 5.91 Å². The van der Waals surface area contributed by atoms with E-state index in [0.29, 0.717) is 36.9 Å². The third-order valence-electron chi connectivity index (χ3n) is 4.76. The highest BCUT2D eigenvalue weighted by atomic mass is 16.2. The highest BCUT2D eigenvalue weighted by molar-refractivity contribution is 6.22. The fourth-order valence-electron chi connectivity index (χ4n) is 3.31. The highest BCUT2D eigenvalue weighted by Crippen LogP contribution is 2.26. The lowest BCUT2D eigenvalue weighted by molar-refractivity contribution is -0.125. The van der Waals surface area contributed by atoms with Crippen molar-refractivity contribution in [1.29, 1.82) is 0 Å². The van der Waals surface area contributed by atoms with Gasteiger partial charge in [0, 0.05) is 19.4 Å². The summed E-state index contributed by atoms with van der Waals surface area (Å²) < 4.78 is 0. The number of carbonyl (C=O) groups is 4. The Hall–Kier alpha value is -3.28. The lowest BCUT2D eigenvalue weighted by Gasteiger charge is -2.25. The fourth-order valence-corrected chi connectivity index (χ4v) is 3.31. The number of rotatable bonds is 9. The van der Waals surface area contributed by atoms with Crippen molar-refractivity contribution < 1.29 is 19.2 Å². The molecule has 0 spiro atoms. The van der Waals surface area contributed by atoms with E-state index >= 15 is 0 Å². The molecule has 1 aliphatic rings. The summed E-state index contributed by atoms with van der Waals surface area (Å²) in [6, 6.07) is 15.0. The molecule has 3 rings (SSSR count). The van der Waals surface area contributed by atoms with Crippen molar-refractivity contribution in [3.63, 3.8) is 0 Å². The van der Waals surface area contributed by atoms with Crippen molar-refractivity contribution in [2.45, 2.75) is 31.7 Å². The van der Waals surface area contributed by atoms with Gasteiger partial charge < -0.3 is 10.1 Å². The normalized spacial score (nSPS) is 13.9. The predicted octanol–water partition coefficient (Wildman–Crippen LogP) is 2.38. The molecular weight excluding hydrogens is 356 g/mol. The van der Waals surface area contributed by atoms with Crippen molar-refractivity contribution in [3.05, 3.63) is 71.3 Å². The van der Waals surface area contributed by atoms with Crippen LogP contribution in [0.15, 0.2) is 54.6 Å². The number of carbonyl (C=O) groups excluding carboxylic acids is 4. The number of amides is 3. The number of unbranched alkanes of at least 4 members (excludes halogenated alkanes) is 2. The van der Waals surface area contributed by atoms with Crippen LogP contribution in [-0.4, -0.2) is 41.5 Å². The Kier molecular flexibility index (Phi) is 6.32. The third-order valence-corrected chi connectivity index (χ3v) is 4.76. The molecule has 1 aliphatic heterocycles. The highest BCUT2D eigenvalue weighted by Gasteiger charge is 2.42. The summed E-state index contributed by atoms with van der Waals surface area (Å²) >= 11 is 0. The fraction of sp³-hybridized carbons (Fsp3) is 0.273. The van der Waals surface area contributed by atoms with E-state index in [1.165, 1.54) is 0 Å². The van der Waals surface area contributed by atoms with E-state index in [-0.39, 0.29) is 12.3 Å². The minimum atomic E-state index is -0.930. The number of fused-ring (bicyclic) bond motifs is 1. The van der Waals surface area contributed by atoms with Gasteiger partial charge in [-0.2, -0.15) is 0 Å². The molecule has 1 N–H and O–H groups in total. The Bertz CT molecular complexity index is 844. The number of nitrogens with one attached hydrogen (secondary N) is 1. The van der Waals surface area contributed by atoms with Crippen LogP contribution in [0.5, 0.6) is 0 Å². The van der Waals surface area contributed by atoms with Gasteiger partial charge in [-0.25, -0.2) is 0 Å². The molecule has 0 bridgehead atoms. The van der Waals surface area contributed by atoms with E-state index in [9.17, 15) is 19.2 Å². The van der Waals surface area contributed by atoms with Gasteiger partial charge in [0.25, 0.3) is 11.8 Å². The summed E-state index contributed by atoms with van der Waals surface area (Å²) in [5, 5.41) is 2.81. The molecule has 1 unspecified atom stereocenters. The second-order valence-electron chi connectivity index (χ2n) is 6.68. The van der Waals surface area contributed by atoms with Gasteiger partial charge in [0.15, 0.2) is 0 Å². The minimum Gasteiger partial charge on any atom is -0.354 e. The summed E-state index contributed by atoms with van der Waals surface area (Å²) in [4.78, 5) is 50.0. The van der Waals surface area contributed by atoms with Gasteiger partial charge in [0.05, 0.1) is 11.1 Å². The summed E-state index contributed by atoms with van der Waals surface area (Å²) in [5.41, 5.74) is 1.51. The van der Waals surface area contributed by atoms with Gasteiger partial charge in [-0.15, -0.1) is 0 Å². The lowest BCUT2D eigenvalue weighted by atomic mass is 10.0. The molecular formula is C22H22N2O4.